The van der Waals surface area contributed by atoms with E-state index < -0.39 is 0 Å². The number of thiophene rings is 1. The van der Waals surface area contributed by atoms with Gasteiger partial charge in [-0.2, -0.15) is 0 Å². The molecule has 0 aliphatic heterocycles. The highest BCUT2D eigenvalue weighted by Gasteiger charge is 2.05. The van der Waals surface area contributed by atoms with Crippen molar-refractivity contribution in [1.29, 1.82) is 0 Å². The first kappa shape index (κ1) is 57.5. The van der Waals surface area contributed by atoms with Crippen LogP contribution in [-0.4, -0.2) is 4.57 Å². The van der Waals surface area contributed by atoms with E-state index in [0.29, 0.717) is 0 Å². The van der Waals surface area contributed by atoms with E-state index in [2.05, 4.69) is 121 Å². The van der Waals surface area contributed by atoms with E-state index in [0.717, 1.165) is 11.2 Å². The van der Waals surface area contributed by atoms with E-state index in [1.54, 1.807) is 0 Å². The first-order valence-corrected chi connectivity index (χ1v) is 23.2. The normalized spacial score (nSPS) is 8.60. The lowest BCUT2D eigenvalue weighted by atomic mass is 10.2. The number of para-hydroxylation sites is 4. The van der Waals surface area contributed by atoms with Crippen LogP contribution in [0.4, 0.5) is 0 Å². The smallest absolute Gasteiger partial charge is 0.135 e. The number of furan rings is 1. The zero-order valence-corrected chi connectivity index (χ0v) is 40.9. The second-order valence-electron chi connectivity index (χ2n) is 9.78. The van der Waals surface area contributed by atoms with Crippen molar-refractivity contribution >= 4 is 75.3 Å². The number of aromatic nitrogens is 1. The lowest BCUT2D eigenvalue weighted by Gasteiger charge is -1.95. The van der Waals surface area contributed by atoms with Gasteiger partial charge in [0.2, 0.25) is 0 Å². The fourth-order valence-corrected chi connectivity index (χ4v) is 6.57. The second-order valence-corrected chi connectivity index (χ2v) is 10.9. The molecule has 3 aromatic heterocycles. The Bertz CT molecular complexity index is 1990. The van der Waals surface area contributed by atoms with E-state index in [1.165, 1.54) is 52.8 Å². The minimum atomic E-state index is 0.962. The van der Waals surface area contributed by atoms with E-state index in [4.69, 9.17) is 4.42 Å². The number of fused-ring (bicyclic) bond motifs is 9. The molecular weight excluding hydrogens is 723 g/mol. The maximum Gasteiger partial charge on any atom is 0.135 e. The Morgan fingerprint density at radius 3 is 0.862 bits per heavy atom. The maximum atomic E-state index is 5.65. The third-order valence-corrected chi connectivity index (χ3v) is 8.54. The molecule has 9 aromatic rings. The highest BCUT2D eigenvalue weighted by Crippen LogP contribution is 2.33. The van der Waals surface area contributed by atoms with Gasteiger partial charge in [-0.3, -0.25) is 0 Å². The Kier molecular flexibility index (Phi) is 37.4. The zero-order chi connectivity index (χ0) is 44.9. The highest BCUT2D eigenvalue weighted by atomic mass is 32.1. The van der Waals surface area contributed by atoms with Crippen LogP contribution in [0, 0.1) is 0 Å². The Morgan fingerprint density at radius 2 is 0.534 bits per heavy atom. The van der Waals surface area contributed by atoms with Crippen LogP contribution in [0.5, 0.6) is 0 Å². The number of rotatable bonds is 0. The minimum Gasteiger partial charge on any atom is -0.456 e. The molecule has 0 bridgehead atoms. The molecule has 318 valence electrons. The van der Waals surface area contributed by atoms with E-state index >= 15 is 0 Å². The van der Waals surface area contributed by atoms with Crippen LogP contribution >= 0.6 is 11.3 Å². The summed E-state index contributed by atoms with van der Waals surface area (Å²) in [7, 11) is 2.12. The Balaban J connectivity index is -0.000000655. The monoisotopic (exact) mass is 804 g/mol. The fraction of sp³-hybridized carbons (Fsp3) is 0.345. The van der Waals surface area contributed by atoms with Gasteiger partial charge in [-0.25, -0.2) is 0 Å². The lowest BCUT2D eigenvalue weighted by Crippen LogP contribution is -1.84. The Labute approximate surface area is 359 Å². The van der Waals surface area contributed by atoms with Gasteiger partial charge in [0.1, 0.15) is 11.2 Å². The standard InChI is InChI=1S/C13H11N.C12H8O.C12H8S.9C2H6/c1-14-12-8-4-2-6-10(12)11-7-3-5-9-13(11)14;2*1-3-7-11-9(5-1)10-6-2-4-8-12(10)13-11;9*1-2/h2-9H,1H3;2*1-8H;9*1-2H3. The van der Waals surface area contributed by atoms with Gasteiger partial charge in [0.15, 0.2) is 0 Å². The first-order valence-electron chi connectivity index (χ1n) is 22.4. The molecule has 6 aromatic carbocycles. The zero-order valence-electron chi connectivity index (χ0n) is 40.1. The van der Waals surface area contributed by atoms with Gasteiger partial charge in [-0.15, -0.1) is 11.3 Å². The number of hydrogen-bond donors (Lipinski definition) is 0. The average molecular weight is 804 g/mol. The first-order chi connectivity index (χ1) is 28.8. The Hall–Kier alpha value is -4.86. The summed E-state index contributed by atoms with van der Waals surface area (Å²) >= 11 is 1.86. The van der Waals surface area contributed by atoms with Gasteiger partial charge >= 0.3 is 0 Å². The molecule has 0 unspecified atom stereocenters. The summed E-state index contributed by atoms with van der Waals surface area (Å²) in [6, 6.07) is 50.4. The van der Waals surface area contributed by atoms with E-state index in [1.807, 2.05) is 172 Å². The fourth-order valence-electron chi connectivity index (χ4n) is 5.47. The van der Waals surface area contributed by atoms with Crippen molar-refractivity contribution in [3.8, 4) is 0 Å². The molecule has 3 heteroatoms. The van der Waals surface area contributed by atoms with Crippen molar-refractivity contribution in [1.82, 2.24) is 4.57 Å². The van der Waals surface area contributed by atoms with Crippen LogP contribution in [0.25, 0.3) is 63.9 Å². The second kappa shape index (κ2) is 37.7. The van der Waals surface area contributed by atoms with Gasteiger partial charge < -0.3 is 8.98 Å². The van der Waals surface area contributed by atoms with Crippen LogP contribution in [-0.2, 0) is 7.05 Å². The van der Waals surface area contributed by atoms with Crippen molar-refractivity contribution < 1.29 is 4.42 Å². The maximum absolute atomic E-state index is 5.65. The summed E-state index contributed by atoms with van der Waals surface area (Å²) in [6.07, 6.45) is 0. The van der Waals surface area contributed by atoms with Crippen molar-refractivity contribution in [2.45, 2.75) is 125 Å². The molecule has 9 rings (SSSR count). The molecule has 2 nitrogen and oxygen atoms in total. The van der Waals surface area contributed by atoms with Crippen LogP contribution < -0.4 is 0 Å². The molecule has 0 saturated heterocycles. The lowest BCUT2D eigenvalue weighted by molar-refractivity contribution is 0.669. The van der Waals surface area contributed by atoms with Gasteiger partial charge in [0.25, 0.3) is 0 Å². The summed E-state index contributed by atoms with van der Waals surface area (Å²) in [6.45, 7) is 36.0. The molecule has 0 saturated carbocycles. The minimum absolute atomic E-state index is 0.962. The topological polar surface area (TPSA) is 18.1 Å². The van der Waals surface area contributed by atoms with Gasteiger partial charge in [-0.05, 0) is 36.4 Å². The molecule has 0 radical (unpaired) electrons. The van der Waals surface area contributed by atoms with Crippen molar-refractivity contribution in [2.75, 3.05) is 0 Å². The summed E-state index contributed by atoms with van der Waals surface area (Å²) in [5, 5.41) is 7.82. The number of aryl methyl sites for hydroxylation is 1. The largest absolute Gasteiger partial charge is 0.456 e. The predicted molar refractivity (Wildman–Crippen MR) is 276 cm³/mol. The summed E-state index contributed by atoms with van der Waals surface area (Å²) in [4.78, 5) is 0. The SMILES string of the molecule is CC.CC.CC.CC.CC.CC.CC.CC.CC.Cn1c2ccccc2c2ccccc21.c1ccc2c(c1)oc1ccccc12.c1ccc2c(c1)sc1ccccc12. The van der Waals surface area contributed by atoms with Crippen LogP contribution in [0.3, 0.4) is 0 Å². The van der Waals surface area contributed by atoms with Crippen molar-refractivity contribution in [2.24, 2.45) is 7.05 Å². The van der Waals surface area contributed by atoms with Crippen molar-refractivity contribution in [3.63, 3.8) is 0 Å². The van der Waals surface area contributed by atoms with Gasteiger partial charge in [0, 0.05) is 59.8 Å². The van der Waals surface area contributed by atoms with Crippen LogP contribution in [0.15, 0.2) is 150 Å². The van der Waals surface area contributed by atoms with Crippen molar-refractivity contribution in [3.05, 3.63) is 146 Å². The molecule has 0 spiro atoms. The molecule has 0 N–H and O–H groups in total. The molecule has 58 heavy (non-hydrogen) atoms. The molecule has 0 aliphatic carbocycles. The quantitative estimate of drug-likeness (QED) is 0.149. The third kappa shape index (κ3) is 16.2. The van der Waals surface area contributed by atoms with Gasteiger partial charge in [-0.1, -0.05) is 234 Å². The van der Waals surface area contributed by atoms with E-state index in [9.17, 15) is 0 Å². The molecule has 0 atom stereocenters. The van der Waals surface area contributed by atoms with Crippen LogP contribution in [0.1, 0.15) is 125 Å². The number of benzene rings is 6. The summed E-state index contributed by atoms with van der Waals surface area (Å²) < 4.78 is 10.6. The molecule has 3 heterocycles. The average Bonchev–Trinajstić information content (AvgIpc) is 4.02. The Morgan fingerprint density at radius 1 is 0.293 bits per heavy atom. The molecule has 0 amide bonds. The third-order valence-electron chi connectivity index (χ3n) is 7.39. The molecule has 0 fully saturated rings. The molecular formula is C55H81NOS. The number of nitrogens with zero attached hydrogens (tertiary/aromatic N) is 1. The summed E-state index contributed by atoms with van der Waals surface area (Å²) in [5.74, 6) is 0. The molecule has 0 aliphatic rings. The van der Waals surface area contributed by atoms with Crippen LogP contribution in [0.2, 0.25) is 0 Å². The summed E-state index contributed by atoms with van der Waals surface area (Å²) in [5.41, 5.74) is 4.52. The number of hydrogen-bond acceptors (Lipinski definition) is 2. The van der Waals surface area contributed by atoms with Gasteiger partial charge in [0.05, 0.1) is 0 Å². The predicted octanol–water partition coefficient (Wildman–Crippen LogP) is 20.2. The highest BCUT2D eigenvalue weighted by molar-refractivity contribution is 7.25. The van der Waals surface area contributed by atoms with E-state index in [-0.39, 0.29) is 0 Å².